The Morgan fingerprint density at radius 3 is 0.785 bits per heavy atom. The van der Waals surface area contributed by atoms with Crippen LogP contribution in [0.2, 0.25) is 0 Å². The summed E-state index contributed by atoms with van der Waals surface area (Å²) in [5.74, 6) is -0.972. The van der Waals surface area contributed by atoms with Gasteiger partial charge in [0.1, 0.15) is 13.2 Å². The molecule has 0 aliphatic rings. The van der Waals surface area contributed by atoms with Crippen molar-refractivity contribution in [3.63, 3.8) is 0 Å². The van der Waals surface area contributed by atoms with Crippen molar-refractivity contribution in [1.29, 1.82) is 0 Å². The van der Waals surface area contributed by atoms with Crippen LogP contribution in [0.1, 0.15) is 278 Å². The average molecular weight is 1090 g/mol. The first kappa shape index (κ1) is 74.3. The first-order valence-corrected chi connectivity index (χ1v) is 32.3. The highest BCUT2D eigenvalue weighted by atomic mass is 16.6. The molecule has 0 heterocycles. The van der Waals surface area contributed by atoms with Crippen molar-refractivity contribution in [2.75, 3.05) is 13.2 Å². The van der Waals surface area contributed by atoms with Crippen LogP contribution >= 0.6 is 0 Å². The molecule has 6 nitrogen and oxygen atoms in total. The molecule has 0 radical (unpaired) electrons. The summed E-state index contributed by atoms with van der Waals surface area (Å²) in [5.41, 5.74) is 0. The summed E-state index contributed by atoms with van der Waals surface area (Å²) in [6.45, 7) is 6.35. The van der Waals surface area contributed by atoms with Gasteiger partial charge in [-0.25, -0.2) is 0 Å². The summed E-state index contributed by atoms with van der Waals surface area (Å²) in [7, 11) is 0. The maximum absolute atomic E-state index is 12.9. The lowest BCUT2D eigenvalue weighted by molar-refractivity contribution is -0.167. The third-order valence-corrected chi connectivity index (χ3v) is 13.3. The molecule has 0 N–H and O–H groups in total. The Balaban J connectivity index is 4.44. The topological polar surface area (TPSA) is 78.9 Å². The van der Waals surface area contributed by atoms with E-state index in [0.29, 0.717) is 19.3 Å². The zero-order valence-electron chi connectivity index (χ0n) is 51.1. The normalized spacial score (nSPS) is 13.1. The van der Waals surface area contributed by atoms with Crippen LogP contribution in [0, 0.1) is 0 Å². The van der Waals surface area contributed by atoms with Gasteiger partial charge in [-0.3, -0.25) is 14.4 Å². The molecule has 79 heavy (non-hydrogen) atoms. The molecule has 0 amide bonds. The third kappa shape index (κ3) is 64.0. The smallest absolute Gasteiger partial charge is 0.306 e. The Labute approximate surface area is 487 Å². The van der Waals surface area contributed by atoms with Crippen LogP contribution in [0.3, 0.4) is 0 Å². The summed E-state index contributed by atoms with van der Waals surface area (Å²) in [4.78, 5) is 38.3. The van der Waals surface area contributed by atoms with Gasteiger partial charge in [-0.15, -0.1) is 0 Å². The number of ether oxygens (including phenoxy) is 3. The summed E-state index contributed by atoms with van der Waals surface area (Å²) in [6.07, 6.45) is 94.3. The van der Waals surface area contributed by atoms with E-state index in [4.69, 9.17) is 14.2 Å². The lowest BCUT2D eigenvalue weighted by Gasteiger charge is -2.18. The van der Waals surface area contributed by atoms with Gasteiger partial charge in [-0.2, -0.15) is 0 Å². The second-order valence-electron chi connectivity index (χ2n) is 20.9. The van der Waals surface area contributed by atoms with Crippen LogP contribution in [0.5, 0.6) is 0 Å². The van der Waals surface area contributed by atoms with Gasteiger partial charge in [0.2, 0.25) is 0 Å². The highest BCUT2D eigenvalue weighted by Gasteiger charge is 2.19. The number of carbonyl (C=O) groups is 3. The second kappa shape index (κ2) is 65.8. The Kier molecular flexibility index (Phi) is 61.9. The fourth-order valence-corrected chi connectivity index (χ4v) is 8.53. The van der Waals surface area contributed by atoms with Crippen LogP contribution in [0.4, 0.5) is 0 Å². The average Bonchev–Trinajstić information content (AvgIpc) is 3.45. The van der Waals surface area contributed by atoms with E-state index in [2.05, 4.69) is 167 Å². The molecule has 0 fully saturated rings. The molecule has 0 aromatic heterocycles. The fourth-order valence-electron chi connectivity index (χ4n) is 8.53. The maximum atomic E-state index is 12.9. The largest absolute Gasteiger partial charge is 0.462 e. The van der Waals surface area contributed by atoms with Gasteiger partial charge in [0.15, 0.2) is 6.10 Å². The predicted octanol–water partition coefficient (Wildman–Crippen LogP) is 22.3. The summed E-state index contributed by atoms with van der Waals surface area (Å²) in [6, 6.07) is 0. The zero-order chi connectivity index (χ0) is 57.1. The van der Waals surface area contributed by atoms with Crippen molar-refractivity contribution < 1.29 is 28.6 Å². The molecule has 6 heteroatoms. The Morgan fingerprint density at radius 2 is 0.494 bits per heavy atom. The minimum absolute atomic E-state index is 0.110. The minimum Gasteiger partial charge on any atom is -0.462 e. The summed E-state index contributed by atoms with van der Waals surface area (Å²) >= 11 is 0. The van der Waals surface area contributed by atoms with Crippen LogP contribution in [0.15, 0.2) is 146 Å². The molecule has 0 saturated heterocycles. The number of esters is 3. The van der Waals surface area contributed by atoms with Crippen molar-refractivity contribution in [2.45, 2.75) is 284 Å². The van der Waals surface area contributed by atoms with E-state index in [0.717, 1.165) is 141 Å². The first-order valence-electron chi connectivity index (χ1n) is 32.3. The van der Waals surface area contributed by atoms with E-state index >= 15 is 0 Å². The highest BCUT2D eigenvalue weighted by molar-refractivity contribution is 5.71. The number of carbonyl (C=O) groups excluding carboxylic acids is 3. The quantitative estimate of drug-likeness (QED) is 0.0261. The molecular weight excluding hydrogens is 973 g/mol. The van der Waals surface area contributed by atoms with Gasteiger partial charge in [-0.05, 0) is 141 Å². The van der Waals surface area contributed by atoms with E-state index in [1.165, 1.54) is 96.3 Å². The number of hydrogen-bond donors (Lipinski definition) is 0. The molecule has 0 rings (SSSR count). The van der Waals surface area contributed by atoms with Gasteiger partial charge >= 0.3 is 17.9 Å². The van der Waals surface area contributed by atoms with Crippen LogP contribution < -0.4 is 0 Å². The molecule has 0 aliphatic carbocycles. The number of allylic oxidation sites excluding steroid dienone is 24. The highest BCUT2D eigenvalue weighted by Crippen LogP contribution is 2.15. The molecule has 0 aromatic carbocycles. The van der Waals surface area contributed by atoms with Crippen molar-refractivity contribution in [3.8, 4) is 0 Å². The van der Waals surface area contributed by atoms with Crippen molar-refractivity contribution in [3.05, 3.63) is 146 Å². The third-order valence-electron chi connectivity index (χ3n) is 13.3. The van der Waals surface area contributed by atoms with Gasteiger partial charge in [0.25, 0.3) is 0 Å². The molecule has 0 bridgehead atoms. The minimum atomic E-state index is -0.813. The van der Waals surface area contributed by atoms with Gasteiger partial charge in [0.05, 0.1) is 0 Å². The monoisotopic (exact) mass is 1090 g/mol. The van der Waals surface area contributed by atoms with Gasteiger partial charge in [-0.1, -0.05) is 263 Å². The van der Waals surface area contributed by atoms with E-state index in [1.807, 2.05) is 0 Å². The summed E-state index contributed by atoms with van der Waals surface area (Å²) < 4.78 is 16.9. The maximum Gasteiger partial charge on any atom is 0.306 e. The van der Waals surface area contributed by atoms with Gasteiger partial charge < -0.3 is 14.2 Å². The van der Waals surface area contributed by atoms with Gasteiger partial charge in [0, 0.05) is 19.3 Å². The van der Waals surface area contributed by atoms with Crippen LogP contribution in [-0.2, 0) is 28.6 Å². The van der Waals surface area contributed by atoms with E-state index in [-0.39, 0.29) is 31.1 Å². The summed E-state index contributed by atoms with van der Waals surface area (Å²) in [5, 5.41) is 0. The molecule has 446 valence electrons. The number of hydrogen-bond acceptors (Lipinski definition) is 6. The van der Waals surface area contributed by atoms with E-state index in [9.17, 15) is 14.4 Å². The first-order chi connectivity index (χ1) is 39.0. The lowest BCUT2D eigenvalue weighted by Crippen LogP contribution is -2.30. The van der Waals surface area contributed by atoms with E-state index in [1.54, 1.807) is 0 Å². The molecule has 0 spiro atoms. The Morgan fingerprint density at radius 1 is 0.266 bits per heavy atom. The van der Waals surface area contributed by atoms with Crippen LogP contribution in [0.25, 0.3) is 0 Å². The molecule has 0 aromatic rings. The molecule has 0 saturated carbocycles. The SMILES string of the molecule is CC/C=C\C/C=C\C/C=C\C/C=C\C/C=C\C/C=C\C/C=C\CCCCCC(=O)OCC(COC(=O)CCCCC/C=C\C/C=C\C/C=C\CC)OC(=O)CCCCCCCCCCCCC/C=C\C/C=C\CCCCCCC. The molecule has 1 atom stereocenters. The van der Waals surface area contributed by atoms with Crippen molar-refractivity contribution >= 4 is 17.9 Å². The standard InChI is InChI=1S/C73H118O6/c1-4-7-10-13-16-19-22-25-27-29-31-33-35-36-38-39-41-43-45-48-51-54-57-60-63-66-72(75)78-69-70(68-77-71(74)65-62-59-56-53-50-47-24-21-18-15-12-9-6-3)79-73(76)67-64-61-58-55-52-49-46-44-42-40-37-34-32-30-28-26-23-20-17-14-11-8-5-2/h7,9-10,12,16,18-19,21,23,25-27,30-33,36,38,41,43,47-48,50-51,70H,4-6,8,11,13-15,17,20,22,24,28-29,34-35,37,39-40,42,44-46,49,52-69H2,1-3H3/b10-7-,12-9-,19-16-,21-18-,26-23-,27-25-,32-30-,33-31-,38-36-,43-41-,50-47-,51-48-. The molecule has 0 aliphatic heterocycles. The Hall–Kier alpha value is -4.71. The van der Waals surface area contributed by atoms with E-state index < -0.39 is 6.10 Å². The van der Waals surface area contributed by atoms with Crippen LogP contribution in [-0.4, -0.2) is 37.2 Å². The predicted molar refractivity (Wildman–Crippen MR) is 343 cm³/mol. The van der Waals surface area contributed by atoms with Crippen molar-refractivity contribution in [1.82, 2.24) is 0 Å². The fraction of sp³-hybridized carbons (Fsp3) is 0.630. The van der Waals surface area contributed by atoms with Crippen molar-refractivity contribution in [2.24, 2.45) is 0 Å². The second-order valence-corrected chi connectivity index (χ2v) is 20.9. The number of unbranched alkanes of at least 4 members (excludes halogenated alkanes) is 22. The zero-order valence-corrected chi connectivity index (χ0v) is 51.1. The molecular formula is C73H118O6. The lowest BCUT2D eigenvalue weighted by atomic mass is 10.0. The Bertz CT molecular complexity index is 1730. The number of rotatable bonds is 57. The molecule has 1 unspecified atom stereocenters.